The molecule has 0 aromatic heterocycles. The van der Waals surface area contributed by atoms with Gasteiger partial charge in [0.25, 0.3) is 0 Å². The number of hydrogen-bond acceptors (Lipinski definition) is 5. The fourth-order valence-corrected chi connectivity index (χ4v) is 2.96. The van der Waals surface area contributed by atoms with Gasteiger partial charge < -0.3 is 19.9 Å². The standard InChI is InChI=1S/C19H32N2O3/c1-4-12-23-16-6-7-18(24-13-5-2)17(14-16)19(22)15(3)21-10-8-20-9-11-21/h6-7,14-15,19-20,22H,4-5,8-13H2,1-3H3. The first-order valence-corrected chi connectivity index (χ1v) is 9.19. The van der Waals surface area contributed by atoms with Gasteiger partial charge in [0.2, 0.25) is 0 Å². The second kappa shape index (κ2) is 9.87. The number of ether oxygens (including phenoxy) is 2. The molecule has 1 aliphatic rings. The lowest BCUT2D eigenvalue weighted by atomic mass is 10.00. The number of nitrogens with zero attached hydrogens (tertiary/aromatic N) is 1. The lowest BCUT2D eigenvalue weighted by molar-refractivity contribution is 0.0488. The Morgan fingerprint density at radius 1 is 1.12 bits per heavy atom. The van der Waals surface area contributed by atoms with Crippen molar-refractivity contribution in [1.82, 2.24) is 10.2 Å². The van der Waals surface area contributed by atoms with Crippen molar-refractivity contribution in [3.63, 3.8) is 0 Å². The predicted molar refractivity (Wildman–Crippen MR) is 96.9 cm³/mol. The Kier molecular flexibility index (Phi) is 7.82. The molecule has 24 heavy (non-hydrogen) atoms. The van der Waals surface area contributed by atoms with Crippen molar-refractivity contribution >= 4 is 0 Å². The second-order valence-electron chi connectivity index (χ2n) is 6.37. The Balaban J connectivity index is 2.18. The van der Waals surface area contributed by atoms with Crippen molar-refractivity contribution in [3.05, 3.63) is 23.8 Å². The summed E-state index contributed by atoms with van der Waals surface area (Å²) in [6.45, 7) is 11.4. The minimum Gasteiger partial charge on any atom is -0.494 e. The predicted octanol–water partition coefficient (Wildman–Crippen LogP) is 2.59. The Hall–Kier alpha value is -1.30. The molecule has 1 heterocycles. The average Bonchev–Trinajstić information content (AvgIpc) is 2.64. The Bertz CT molecular complexity index is 490. The van der Waals surface area contributed by atoms with E-state index in [-0.39, 0.29) is 6.04 Å². The number of nitrogens with one attached hydrogen (secondary N) is 1. The van der Waals surface area contributed by atoms with Crippen LogP contribution in [0.25, 0.3) is 0 Å². The summed E-state index contributed by atoms with van der Waals surface area (Å²) in [5, 5.41) is 14.3. The molecule has 1 fully saturated rings. The number of aliphatic hydroxyl groups excluding tert-OH is 1. The molecular weight excluding hydrogens is 304 g/mol. The smallest absolute Gasteiger partial charge is 0.125 e. The molecule has 5 nitrogen and oxygen atoms in total. The molecule has 0 amide bonds. The van der Waals surface area contributed by atoms with Gasteiger partial charge in [0, 0.05) is 37.8 Å². The van der Waals surface area contributed by atoms with Crippen molar-refractivity contribution in [3.8, 4) is 11.5 Å². The molecule has 1 saturated heterocycles. The molecule has 0 spiro atoms. The summed E-state index contributed by atoms with van der Waals surface area (Å²) in [4.78, 5) is 2.32. The van der Waals surface area contributed by atoms with E-state index in [0.29, 0.717) is 13.2 Å². The molecule has 0 bridgehead atoms. The topological polar surface area (TPSA) is 54.0 Å². The van der Waals surface area contributed by atoms with Gasteiger partial charge >= 0.3 is 0 Å². The van der Waals surface area contributed by atoms with Crippen molar-refractivity contribution in [1.29, 1.82) is 0 Å². The van der Waals surface area contributed by atoms with Crippen molar-refractivity contribution in [2.45, 2.75) is 45.8 Å². The molecule has 1 aromatic rings. The van der Waals surface area contributed by atoms with Gasteiger partial charge in [-0.2, -0.15) is 0 Å². The molecule has 0 radical (unpaired) electrons. The lowest BCUT2D eigenvalue weighted by Crippen LogP contribution is -2.49. The van der Waals surface area contributed by atoms with Gasteiger partial charge in [-0.05, 0) is 38.0 Å². The summed E-state index contributed by atoms with van der Waals surface area (Å²) in [5.41, 5.74) is 0.822. The Morgan fingerprint density at radius 3 is 2.46 bits per heavy atom. The van der Waals surface area contributed by atoms with Crippen LogP contribution in [0.5, 0.6) is 11.5 Å². The highest BCUT2D eigenvalue weighted by atomic mass is 16.5. The molecule has 2 unspecified atom stereocenters. The summed E-state index contributed by atoms with van der Waals surface area (Å²) in [5.74, 6) is 1.55. The molecule has 1 aromatic carbocycles. The number of hydrogen-bond donors (Lipinski definition) is 2. The van der Waals surface area contributed by atoms with E-state index in [1.807, 2.05) is 18.2 Å². The molecule has 0 aliphatic carbocycles. The molecular formula is C19H32N2O3. The van der Waals surface area contributed by atoms with E-state index in [1.54, 1.807) is 0 Å². The van der Waals surface area contributed by atoms with E-state index in [0.717, 1.165) is 56.1 Å². The van der Waals surface area contributed by atoms with Crippen molar-refractivity contribution < 1.29 is 14.6 Å². The fraction of sp³-hybridized carbons (Fsp3) is 0.684. The maximum atomic E-state index is 11.0. The summed E-state index contributed by atoms with van der Waals surface area (Å²) < 4.78 is 11.6. The first-order valence-electron chi connectivity index (χ1n) is 9.19. The van der Waals surface area contributed by atoms with Crippen LogP contribution in [0.1, 0.15) is 45.3 Å². The van der Waals surface area contributed by atoms with Gasteiger partial charge in [-0.15, -0.1) is 0 Å². The molecule has 1 aliphatic heterocycles. The minimum atomic E-state index is -0.597. The molecule has 2 atom stereocenters. The van der Waals surface area contributed by atoms with Gasteiger partial charge in [-0.3, -0.25) is 4.90 Å². The lowest BCUT2D eigenvalue weighted by Gasteiger charge is -2.35. The van der Waals surface area contributed by atoms with Crippen molar-refractivity contribution in [2.75, 3.05) is 39.4 Å². The first-order chi connectivity index (χ1) is 11.7. The Morgan fingerprint density at radius 2 is 1.79 bits per heavy atom. The fourth-order valence-electron chi connectivity index (χ4n) is 2.96. The monoisotopic (exact) mass is 336 g/mol. The first kappa shape index (κ1) is 19.0. The van der Waals surface area contributed by atoms with Gasteiger partial charge in [0.05, 0.1) is 19.3 Å². The van der Waals surface area contributed by atoms with E-state index < -0.39 is 6.10 Å². The van der Waals surface area contributed by atoms with Crippen LogP contribution in [0.2, 0.25) is 0 Å². The molecule has 0 saturated carbocycles. The third kappa shape index (κ3) is 5.10. The quantitative estimate of drug-likeness (QED) is 0.726. The van der Waals surface area contributed by atoms with Crippen LogP contribution in [0.3, 0.4) is 0 Å². The normalized spacial score (nSPS) is 18.2. The highest BCUT2D eigenvalue weighted by Gasteiger charge is 2.27. The maximum Gasteiger partial charge on any atom is 0.125 e. The molecule has 2 rings (SSSR count). The van der Waals surface area contributed by atoms with Crippen LogP contribution in [-0.4, -0.2) is 55.4 Å². The van der Waals surface area contributed by atoms with Crippen LogP contribution in [-0.2, 0) is 0 Å². The number of piperazine rings is 1. The third-order valence-corrected chi connectivity index (χ3v) is 4.42. The van der Waals surface area contributed by atoms with E-state index >= 15 is 0 Å². The van der Waals surface area contributed by atoms with E-state index in [2.05, 4.69) is 31.0 Å². The van der Waals surface area contributed by atoms with Crippen LogP contribution in [0.15, 0.2) is 18.2 Å². The van der Waals surface area contributed by atoms with E-state index in [1.165, 1.54) is 0 Å². The Labute approximate surface area is 146 Å². The zero-order chi connectivity index (χ0) is 17.4. The van der Waals surface area contributed by atoms with Crippen LogP contribution in [0, 0.1) is 0 Å². The SMILES string of the molecule is CCCOc1ccc(OCCC)c(C(O)C(C)N2CCNCC2)c1. The highest BCUT2D eigenvalue weighted by molar-refractivity contribution is 5.42. The average molecular weight is 336 g/mol. The summed E-state index contributed by atoms with van der Waals surface area (Å²) in [6.07, 6.45) is 1.31. The van der Waals surface area contributed by atoms with Gasteiger partial charge in [-0.1, -0.05) is 13.8 Å². The summed E-state index contributed by atoms with van der Waals surface area (Å²) >= 11 is 0. The molecule has 5 heteroatoms. The van der Waals surface area contributed by atoms with Crippen molar-refractivity contribution in [2.24, 2.45) is 0 Å². The zero-order valence-electron chi connectivity index (χ0n) is 15.3. The van der Waals surface area contributed by atoms with Gasteiger partial charge in [-0.25, -0.2) is 0 Å². The van der Waals surface area contributed by atoms with Gasteiger partial charge in [0.15, 0.2) is 0 Å². The largest absolute Gasteiger partial charge is 0.494 e. The summed E-state index contributed by atoms with van der Waals surface area (Å²) in [7, 11) is 0. The molecule has 136 valence electrons. The number of benzene rings is 1. The second-order valence-corrected chi connectivity index (χ2v) is 6.37. The maximum absolute atomic E-state index is 11.0. The van der Waals surface area contributed by atoms with Crippen LogP contribution >= 0.6 is 0 Å². The van der Waals surface area contributed by atoms with Crippen LogP contribution in [0.4, 0.5) is 0 Å². The number of aliphatic hydroxyl groups is 1. The zero-order valence-corrected chi connectivity index (χ0v) is 15.3. The minimum absolute atomic E-state index is 0.0394. The van der Waals surface area contributed by atoms with Crippen LogP contribution < -0.4 is 14.8 Å². The summed E-state index contributed by atoms with van der Waals surface area (Å²) in [6, 6.07) is 5.82. The highest BCUT2D eigenvalue weighted by Crippen LogP contribution is 2.33. The van der Waals surface area contributed by atoms with Gasteiger partial charge in [0.1, 0.15) is 11.5 Å². The molecule has 2 N–H and O–H groups in total. The third-order valence-electron chi connectivity index (χ3n) is 4.42. The number of rotatable bonds is 9. The van der Waals surface area contributed by atoms with E-state index in [4.69, 9.17) is 9.47 Å². The van der Waals surface area contributed by atoms with E-state index in [9.17, 15) is 5.11 Å².